The van der Waals surface area contributed by atoms with Crippen LogP contribution in [0.15, 0.2) is 10.2 Å². The predicted octanol–water partition coefficient (Wildman–Crippen LogP) is 0.850. The van der Waals surface area contributed by atoms with Gasteiger partial charge in [-0.3, -0.25) is 9.59 Å². The number of hydrogen-bond acceptors (Lipinski definition) is 6. The van der Waals surface area contributed by atoms with E-state index in [0.29, 0.717) is 0 Å². The zero-order valence-electron chi connectivity index (χ0n) is 9.36. The van der Waals surface area contributed by atoms with Gasteiger partial charge in [-0.1, -0.05) is 0 Å². The van der Waals surface area contributed by atoms with Gasteiger partial charge in [-0.05, 0) is 13.8 Å². The number of carbonyl (C=O) groups is 2. The standard InChI is InChI=1S/C10H14N2O4/c1-9(3-7(13)15-5-9)11-12-10(2)4-8(14)16-6-10/h3-6H2,1-2H3. The van der Waals surface area contributed by atoms with Gasteiger partial charge in [0.25, 0.3) is 0 Å². The zero-order chi connectivity index (χ0) is 11.8. The van der Waals surface area contributed by atoms with Gasteiger partial charge in [0.1, 0.15) is 24.3 Å². The molecule has 6 nitrogen and oxygen atoms in total. The lowest BCUT2D eigenvalue weighted by Crippen LogP contribution is -2.26. The van der Waals surface area contributed by atoms with Crippen molar-refractivity contribution in [3.05, 3.63) is 0 Å². The number of cyclic esters (lactones) is 2. The molecule has 0 aromatic rings. The second-order valence-corrected chi connectivity index (χ2v) is 4.87. The lowest BCUT2D eigenvalue weighted by Gasteiger charge is -2.17. The Morgan fingerprint density at radius 2 is 1.31 bits per heavy atom. The van der Waals surface area contributed by atoms with E-state index in [9.17, 15) is 9.59 Å². The Morgan fingerprint density at radius 3 is 1.56 bits per heavy atom. The fourth-order valence-corrected chi connectivity index (χ4v) is 1.67. The molecule has 16 heavy (non-hydrogen) atoms. The number of rotatable bonds is 2. The van der Waals surface area contributed by atoms with Gasteiger partial charge in [0.2, 0.25) is 0 Å². The molecule has 0 bridgehead atoms. The molecule has 2 saturated heterocycles. The van der Waals surface area contributed by atoms with Crippen LogP contribution in [0.1, 0.15) is 26.7 Å². The average molecular weight is 226 g/mol. The first-order valence-electron chi connectivity index (χ1n) is 5.16. The average Bonchev–Trinajstić information content (AvgIpc) is 2.70. The molecule has 0 N–H and O–H groups in total. The topological polar surface area (TPSA) is 77.3 Å². The van der Waals surface area contributed by atoms with E-state index < -0.39 is 11.1 Å². The summed E-state index contributed by atoms with van der Waals surface area (Å²) < 4.78 is 9.69. The molecule has 0 aromatic carbocycles. The molecule has 0 aromatic heterocycles. The number of hydrogen-bond donors (Lipinski definition) is 0. The van der Waals surface area contributed by atoms with E-state index in [-0.39, 0.29) is 38.0 Å². The summed E-state index contributed by atoms with van der Waals surface area (Å²) in [6.45, 7) is 4.12. The maximum Gasteiger partial charge on any atom is 0.308 e. The zero-order valence-corrected chi connectivity index (χ0v) is 9.36. The first-order chi connectivity index (χ1) is 7.41. The third kappa shape index (κ3) is 2.20. The highest BCUT2D eigenvalue weighted by Gasteiger charge is 2.40. The summed E-state index contributed by atoms with van der Waals surface area (Å²) in [7, 11) is 0. The molecule has 2 heterocycles. The summed E-state index contributed by atoms with van der Waals surface area (Å²) in [5.41, 5.74) is -1.18. The second kappa shape index (κ2) is 3.54. The predicted molar refractivity (Wildman–Crippen MR) is 52.8 cm³/mol. The molecule has 0 spiro atoms. The summed E-state index contributed by atoms with van der Waals surface area (Å²) in [5, 5.41) is 8.28. The van der Waals surface area contributed by atoms with Crippen LogP contribution in [0.3, 0.4) is 0 Å². The van der Waals surface area contributed by atoms with Crippen LogP contribution in [0, 0.1) is 0 Å². The highest BCUT2D eigenvalue weighted by Crippen LogP contribution is 2.29. The van der Waals surface area contributed by atoms with E-state index in [1.165, 1.54) is 0 Å². The van der Waals surface area contributed by atoms with Crippen LogP contribution in [0.25, 0.3) is 0 Å². The molecule has 0 aliphatic carbocycles. The third-order valence-corrected chi connectivity index (χ3v) is 2.67. The van der Waals surface area contributed by atoms with E-state index in [2.05, 4.69) is 10.2 Å². The number of carbonyl (C=O) groups excluding carboxylic acids is 2. The number of azo groups is 1. The van der Waals surface area contributed by atoms with E-state index in [1.807, 2.05) is 13.8 Å². The van der Waals surface area contributed by atoms with Crippen molar-refractivity contribution in [1.82, 2.24) is 0 Å². The van der Waals surface area contributed by atoms with Crippen LogP contribution in [-0.2, 0) is 19.1 Å². The lowest BCUT2D eigenvalue weighted by molar-refractivity contribution is -0.138. The fourth-order valence-electron chi connectivity index (χ4n) is 1.67. The van der Waals surface area contributed by atoms with Crippen molar-refractivity contribution < 1.29 is 19.1 Å². The molecule has 2 rings (SSSR count). The minimum absolute atomic E-state index is 0.237. The van der Waals surface area contributed by atoms with Gasteiger partial charge >= 0.3 is 11.9 Å². The normalized spacial score (nSPS) is 39.1. The van der Waals surface area contributed by atoms with Gasteiger partial charge in [0.15, 0.2) is 0 Å². The van der Waals surface area contributed by atoms with Crippen LogP contribution in [0.5, 0.6) is 0 Å². The quantitative estimate of drug-likeness (QED) is 0.516. The Balaban J connectivity index is 2.04. The maximum absolute atomic E-state index is 11.0. The van der Waals surface area contributed by atoms with Gasteiger partial charge in [-0.15, -0.1) is 0 Å². The smallest absolute Gasteiger partial charge is 0.308 e. The van der Waals surface area contributed by atoms with Crippen LogP contribution < -0.4 is 0 Å². The van der Waals surface area contributed by atoms with Gasteiger partial charge in [-0.2, -0.15) is 10.2 Å². The molecule has 6 heteroatoms. The van der Waals surface area contributed by atoms with Crippen LogP contribution in [-0.4, -0.2) is 36.2 Å². The molecule has 2 atom stereocenters. The van der Waals surface area contributed by atoms with E-state index in [1.54, 1.807) is 0 Å². The molecule has 2 unspecified atom stereocenters. The minimum atomic E-state index is -0.592. The van der Waals surface area contributed by atoms with E-state index >= 15 is 0 Å². The van der Waals surface area contributed by atoms with E-state index in [4.69, 9.17) is 9.47 Å². The van der Waals surface area contributed by atoms with Crippen molar-refractivity contribution in [2.45, 2.75) is 37.8 Å². The molecule has 2 aliphatic heterocycles. The SMILES string of the molecule is CC1(N=NC2(C)COC(=O)C2)COC(=O)C1. The maximum atomic E-state index is 11.0. The van der Waals surface area contributed by atoms with Crippen LogP contribution >= 0.6 is 0 Å². The van der Waals surface area contributed by atoms with Crippen molar-refractivity contribution in [2.75, 3.05) is 13.2 Å². The first kappa shape index (κ1) is 11.0. The Hall–Kier alpha value is -1.46. The molecule has 2 aliphatic rings. The highest BCUT2D eigenvalue weighted by atomic mass is 16.5. The Morgan fingerprint density at radius 1 is 0.938 bits per heavy atom. The third-order valence-electron chi connectivity index (χ3n) is 2.67. The molecule has 88 valence electrons. The summed E-state index contributed by atoms with van der Waals surface area (Å²) in [6, 6.07) is 0. The van der Waals surface area contributed by atoms with Gasteiger partial charge < -0.3 is 9.47 Å². The van der Waals surface area contributed by atoms with Crippen LogP contribution in [0.2, 0.25) is 0 Å². The van der Waals surface area contributed by atoms with Gasteiger partial charge in [-0.25, -0.2) is 0 Å². The minimum Gasteiger partial charge on any atom is -0.463 e. The Kier molecular flexibility index (Phi) is 2.44. The summed E-state index contributed by atoms with van der Waals surface area (Å²) in [6.07, 6.45) is 0.475. The monoisotopic (exact) mass is 226 g/mol. The largest absolute Gasteiger partial charge is 0.463 e. The molecule has 0 radical (unpaired) electrons. The highest BCUT2D eigenvalue weighted by molar-refractivity contribution is 5.73. The second-order valence-electron chi connectivity index (χ2n) is 4.87. The van der Waals surface area contributed by atoms with Crippen molar-refractivity contribution in [1.29, 1.82) is 0 Å². The Labute approximate surface area is 93.0 Å². The molecular formula is C10H14N2O4. The summed E-state index contributed by atoms with van der Waals surface area (Å²) >= 11 is 0. The number of ether oxygens (including phenoxy) is 2. The van der Waals surface area contributed by atoms with Gasteiger partial charge in [0.05, 0.1) is 12.8 Å². The molecule has 2 fully saturated rings. The fraction of sp³-hybridized carbons (Fsp3) is 0.800. The van der Waals surface area contributed by atoms with Crippen molar-refractivity contribution in [2.24, 2.45) is 10.2 Å². The van der Waals surface area contributed by atoms with Crippen LogP contribution in [0.4, 0.5) is 0 Å². The Bertz CT molecular complexity index is 334. The molecular weight excluding hydrogens is 212 g/mol. The number of nitrogens with zero attached hydrogens (tertiary/aromatic N) is 2. The van der Waals surface area contributed by atoms with E-state index in [0.717, 1.165) is 0 Å². The van der Waals surface area contributed by atoms with Gasteiger partial charge in [0, 0.05) is 0 Å². The van der Waals surface area contributed by atoms with Crippen molar-refractivity contribution in [3.8, 4) is 0 Å². The lowest BCUT2D eigenvalue weighted by atomic mass is 10.0. The molecule has 0 saturated carbocycles. The van der Waals surface area contributed by atoms with Crippen molar-refractivity contribution >= 4 is 11.9 Å². The number of esters is 2. The first-order valence-corrected chi connectivity index (χ1v) is 5.16. The van der Waals surface area contributed by atoms with Crippen molar-refractivity contribution in [3.63, 3.8) is 0 Å². The summed E-state index contributed by atoms with van der Waals surface area (Å²) in [5.74, 6) is -0.518. The summed E-state index contributed by atoms with van der Waals surface area (Å²) in [4.78, 5) is 22.0. The molecule has 0 amide bonds.